The Balaban J connectivity index is 0.000000686. The van der Waals surface area contributed by atoms with Gasteiger partial charge in [0.1, 0.15) is 0 Å². The van der Waals surface area contributed by atoms with Crippen molar-refractivity contribution >= 4 is 5.91 Å². The molecule has 0 spiro atoms. The fourth-order valence-electron chi connectivity index (χ4n) is 2.43. The number of rotatable bonds is 1. The molecule has 1 heterocycles. The number of halogens is 2. The van der Waals surface area contributed by atoms with Gasteiger partial charge in [-0.3, -0.25) is 4.79 Å². The highest BCUT2D eigenvalue weighted by molar-refractivity contribution is 5.80. The van der Waals surface area contributed by atoms with Gasteiger partial charge in [0, 0.05) is 5.92 Å². The SMILES string of the molecule is CC.CC1CCC(C(=O)N2CC(F)(F)C2)CC1. The van der Waals surface area contributed by atoms with Crippen LogP contribution in [0.3, 0.4) is 0 Å². The summed E-state index contributed by atoms with van der Waals surface area (Å²) in [5.41, 5.74) is 0. The van der Waals surface area contributed by atoms with E-state index in [9.17, 15) is 13.6 Å². The Bertz CT molecular complexity index is 252. The van der Waals surface area contributed by atoms with Gasteiger partial charge in [-0.15, -0.1) is 0 Å². The van der Waals surface area contributed by atoms with Crippen LogP contribution in [-0.4, -0.2) is 29.8 Å². The summed E-state index contributed by atoms with van der Waals surface area (Å²) in [7, 11) is 0. The van der Waals surface area contributed by atoms with Crippen molar-refractivity contribution in [2.75, 3.05) is 13.1 Å². The van der Waals surface area contributed by atoms with E-state index in [1.165, 1.54) is 4.90 Å². The summed E-state index contributed by atoms with van der Waals surface area (Å²) >= 11 is 0. The Kier molecular flexibility index (Phi) is 4.90. The van der Waals surface area contributed by atoms with Crippen LogP contribution in [0.15, 0.2) is 0 Å². The van der Waals surface area contributed by atoms with Gasteiger partial charge in [0.2, 0.25) is 5.91 Å². The number of carbonyl (C=O) groups excluding carboxylic acids is 1. The summed E-state index contributed by atoms with van der Waals surface area (Å²) in [6.07, 6.45) is 3.87. The highest BCUT2D eigenvalue weighted by Gasteiger charge is 2.47. The molecule has 1 aliphatic carbocycles. The van der Waals surface area contributed by atoms with Crippen molar-refractivity contribution in [1.29, 1.82) is 0 Å². The number of hydrogen-bond donors (Lipinski definition) is 0. The summed E-state index contributed by atoms with van der Waals surface area (Å²) in [4.78, 5) is 13.1. The summed E-state index contributed by atoms with van der Waals surface area (Å²) in [6, 6.07) is 0. The van der Waals surface area contributed by atoms with Gasteiger partial charge in [-0.2, -0.15) is 0 Å². The second-order valence-electron chi connectivity index (χ2n) is 5.01. The molecule has 2 nitrogen and oxygen atoms in total. The number of nitrogens with zero attached hydrogens (tertiary/aromatic N) is 1. The molecule has 0 radical (unpaired) electrons. The van der Waals surface area contributed by atoms with E-state index in [1.54, 1.807) is 0 Å². The van der Waals surface area contributed by atoms with Gasteiger partial charge in [-0.1, -0.05) is 20.8 Å². The number of hydrogen-bond acceptors (Lipinski definition) is 1. The van der Waals surface area contributed by atoms with Crippen LogP contribution >= 0.6 is 0 Å². The van der Waals surface area contributed by atoms with Crippen LogP contribution < -0.4 is 0 Å². The number of carbonyl (C=O) groups is 1. The van der Waals surface area contributed by atoms with Gasteiger partial charge in [-0.05, 0) is 31.6 Å². The van der Waals surface area contributed by atoms with E-state index >= 15 is 0 Å². The van der Waals surface area contributed by atoms with Crippen LogP contribution in [0.1, 0.15) is 46.5 Å². The molecule has 1 aliphatic heterocycles. The molecule has 1 saturated carbocycles. The maximum absolute atomic E-state index is 12.6. The third-order valence-electron chi connectivity index (χ3n) is 3.52. The predicted octanol–water partition coefficient (Wildman–Crippen LogP) is 3.32. The molecule has 100 valence electrons. The molecular weight excluding hydrogens is 224 g/mol. The topological polar surface area (TPSA) is 20.3 Å². The first-order valence-corrected chi connectivity index (χ1v) is 6.64. The fraction of sp³-hybridized carbons (Fsp3) is 0.923. The van der Waals surface area contributed by atoms with Crippen molar-refractivity contribution in [1.82, 2.24) is 4.90 Å². The standard InChI is InChI=1S/C11H17F2NO.C2H6/c1-8-2-4-9(5-3-8)10(15)14-6-11(12,13)7-14;1-2/h8-9H,2-7H2,1H3;1-2H3. The molecule has 0 aromatic rings. The Labute approximate surface area is 102 Å². The molecule has 0 unspecified atom stereocenters. The monoisotopic (exact) mass is 247 g/mol. The summed E-state index contributed by atoms with van der Waals surface area (Å²) < 4.78 is 25.2. The van der Waals surface area contributed by atoms with E-state index in [-0.39, 0.29) is 24.9 Å². The van der Waals surface area contributed by atoms with Gasteiger partial charge in [0.25, 0.3) is 5.92 Å². The molecule has 1 amide bonds. The van der Waals surface area contributed by atoms with E-state index in [0.717, 1.165) is 25.7 Å². The predicted molar refractivity (Wildman–Crippen MR) is 64.0 cm³/mol. The zero-order valence-electron chi connectivity index (χ0n) is 11.0. The first kappa shape index (κ1) is 14.4. The minimum atomic E-state index is -2.63. The van der Waals surface area contributed by atoms with Gasteiger partial charge in [-0.25, -0.2) is 8.78 Å². The zero-order valence-corrected chi connectivity index (χ0v) is 11.0. The minimum Gasteiger partial charge on any atom is -0.330 e. The molecule has 0 atom stereocenters. The fourth-order valence-corrected chi connectivity index (χ4v) is 2.43. The van der Waals surface area contributed by atoms with Crippen LogP contribution in [0.25, 0.3) is 0 Å². The van der Waals surface area contributed by atoms with Crippen molar-refractivity contribution < 1.29 is 13.6 Å². The Morgan fingerprint density at radius 2 is 1.59 bits per heavy atom. The van der Waals surface area contributed by atoms with Crippen LogP contribution in [0.5, 0.6) is 0 Å². The van der Waals surface area contributed by atoms with Gasteiger partial charge in [0.05, 0.1) is 13.1 Å². The molecule has 4 heteroatoms. The Morgan fingerprint density at radius 1 is 1.12 bits per heavy atom. The summed E-state index contributed by atoms with van der Waals surface area (Å²) in [5, 5.41) is 0. The molecule has 2 rings (SSSR count). The average Bonchev–Trinajstić information content (AvgIpc) is 2.28. The summed E-state index contributed by atoms with van der Waals surface area (Å²) in [5.74, 6) is -1.98. The van der Waals surface area contributed by atoms with Crippen LogP contribution in [0.2, 0.25) is 0 Å². The first-order chi connectivity index (χ1) is 7.98. The molecular formula is C13H23F2NO. The zero-order chi connectivity index (χ0) is 13.1. The van der Waals surface area contributed by atoms with Crippen molar-refractivity contribution in [3.05, 3.63) is 0 Å². The van der Waals surface area contributed by atoms with Crippen molar-refractivity contribution in [2.45, 2.75) is 52.4 Å². The van der Waals surface area contributed by atoms with E-state index < -0.39 is 5.92 Å². The second kappa shape index (κ2) is 5.78. The van der Waals surface area contributed by atoms with Gasteiger partial charge in [0.15, 0.2) is 0 Å². The molecule has 0 N–H and O–H groups in total. The van der Waals surface area contributed by atoms with Crippen LogP contribution in [0, 0.1) is 11.8 Å². The maximum Gasteiger partial charge on any atom is 0.282 e. The van der Waals surface area contributed by atoms with Gasteiger partial charge >= 0.3 is 0 Å². The lowest BCUT2D eigenvalue weighted by molar-refractivity contribution is -0.170. The number of amides is 1. The average molecular weight is 247 g/mol. The second-order valence-corrected chi connectivity index (χ2v) is 5.01. The van der Waals surface area contributed by atoms with Crippen molar-refractivity contribution in [2.24, 2.45) is 11.8 Å². The molecule has 0 aromatic heterocycles. The largest absolute Gasteiger partial charge is 0.330 e. The first-order valence-electron chi connectivity index (χ1n) is 6.64. The van der Waals surface area contributed by atoms with Gasteiger partial charge < -0.3 is 4.90 Å². The normalized spacial score (nSPS) is 31.0. The Hall–Kier alpha value is -0.670. The van der Waals surface area contributed by atoms with E-state index in [0.29, 0.717) is 5.92 Å². The molecule has 0 bridgehead atoms. The highest BCUT2D eigenvalue weighted by atomic mass is 19.3. The highest BCUT2D eigenvalue weighted by Crippen LogP contribution is 2.33. The Morgan fingerprint density at radius 3 is 2.00 bits per heavy atom. The maximum atomic E-state index is 12.6. The summed E-state index contributed by atoms with van der Waals surface area (Å²) in [6.45, 7) is 5.45. The van der Waals surface area contributed by atoms with Crippen molar-refractivity contribution in [3.63, 3.8) is 0 Å². The minimum absolute atomic E-state index is 0.0114. The lowest BCUT2D eigenvalue weighted by Crippen LogP contribution is -2.59. The molecule has 2 fully saturated rings. The van der Waals surface area contributed by atoms with Crippen molar-refractivity contribution in [3.8, 4) is 0 Å². The third-order valence-corrected chi connectivity index (χ3v) is 3.52. The van der Waals surface area contributed by atoms with Crippen LogP contribution in [-0.2, 0) is 4.79 Å². The lowest BCUT2D eigenvalue weighted by Gasteiger charge is -2.41. The van der Waals surface area contributed by atoms with E-state index in [2.05, 4.69) is 6.92 Å². The van der Waals surface area contributed by atoms with E-state index in [4.69, 9.17) is 0 Å². The molecule has 2 aliphatic rings. The molecule has 1 saturated heterocycles. The number of likely N-dealkylation sites (tertiary alicyclic amines) is 1. The smallest absolute Gasteiger partial charge is 0.282 e. The van der Waals surface area contributed by atoms with E-state index in [1.807, 2.05) is 13.8 Å². The molecule has 17 heavy (non-hydrogen) atoms. The van der Waals surface area contributed by atoms with Crippen LogP contribution in [0.4, 0.5) is 8.78 Å². The number of alkyl halides is 2. The quantitative estimate of drug-likeness (QED) is 0.696. The molecule has 0 aromatic carbocycles. The lowest BCUT2D eigenvalue weighted by atomic mass is 9.82. The third kappa shape index (κ3) is 3.65.